The number of nitrogens with zero attached hydrogens (tertiary/aromatic N) is 1. The molecule has 0 bridgehead atoms. The Bertz CT molecular complexity index is 1330. The minimum absolute atomic E-state index is 0.0484. The maximum Gasteiger partial charge on any atom is 0.261 e. The molecule has 164 valence electrons. The van der Waals surface area contributed by atoms with Crippen molar-refractivity contribution in [1.82, 2.24) is 4.90 Å². The van der Waals surface area contributed by atoms with E-state index in [0.717, 1.165) is 33.2 Å². The van der Waals surface area contributed by atoms with E-state index < -0.39 is 6.04 Å². The second-order valence-corrected chi connectivity index (χ2v) is 8.27. The van der Waals surface area contributed by atoms with Gasteiger partial charge in [0.2, 0.25) is 5.91 Å². The number of nitrogens with one attached hydrogen (secondary N) is 1. The number of benzene rings is 4. The minimum atomic E-state index is -0.396. The highest BCUT2D eigenvalue weighted by atomic mass is 16.5. The van der Waals surface area contributed by atoms with E-state index in [-0.39, 0.29) is 25.0 Å². The average molecular weight is 437 g/mol. The molecule has 0 fully saturated rings. The van der Waals surface area contributed by atoms with Crippen molar-refractivity contribution in [2.45, 2.75) is 13.0 Å². The molecule has 0 aliphatic carbocycles. The number of aryl methyl sites for hydroxylation is 1. The van der Waals surface area contributed by atoms with E-state index in [1.165, 1.54) is 0 Å². The zero-order chi connectivity index (χ0) is 22.8. The fourth-order valence-corrected chi connectivity index (χ4v) is 4.34. The average Bonchev–Trinajstić information content (AvgIpc) is 2.98. The number of hydrogen-bond acceptors (Lipinski definition) is 3. The highest BCUT2D eigenvalue weighted by Gasteiger charge is 2.33. The quantitative estimate of drug-likeness (QED) is 0.484. The molecule has 0 unspecified atom stereocenters. The Labute approximate surface area is 192 Å². The molecule has 1 atom stereocenters. The van der Waals surface area contributed by atoms with E-state index in [0.29, 0.717) is 5.75 Å². The van der Waals surface area contributed by atoms with Crippen molar-refractivity contribution in [2.75, 3.05) is 18.5 Å². The molecule has 4 aromatic rings. The third kappa shape index (κ3) is 4.30. The highest BCUT2D eigenvalue weighted by Crippen LogP contribution is 2.36. The van der Waals surface area contributed by atoms with E-state index >= 15 is 0 Å². The van der Waals surface area contributed by atoms with Crippen molar-refractivity contribution >= 4 is 28.3 Å². The Morgan fingerprint density at radius 1 is 0.939 bits per heavy atom. The predicted molar refractivity (Wildman–Crippen MR) is 129 cm³/mol. The lowest BCUT2D eigenvalue weighted by Crippen LogP contribution is -2.41. The molecule has 2 amide bonds. The smallest absolute Gasteiger partial charge is 0.261 e. The summed E-state index contributed by atoms with van der Waals surface area (Å²) in [5.74, 6) is 0.146. The van der Waals surface area contributed by atoms with Gasteiger partial charge in [0.1, 0.15) is 12.3 Å². The van der Waals surface area contributed by atoms with Crippen LogP contribution in [0.25, 0.3) is 10.8 Å². The van der Waals surface area contributed by atoms with Gasteiger partial charge >= 0.3 is 0 Å². The molecular formula is C28H24N2O3. The zero-order valence-electron chi connectivity index (χ0n) is 18.3. The van der Waals surface area contributed by atoms with Crippen LogP contribution in [0.2, 0.25) is 0 Å². The number of amides is 2. The number of ether oxygens (including phenoxy) is 1. The second-order valence-electron chi connectivity index (χ2n) is 8.27. The largest absolute Gasteiger partial charge is 0.484 e. The molecule has 0 saturated heterocycles. The Balaban J connectivity index is 1.47. The van der Waals surface area contributed by atoms with Crippen LogP contribution < -0.4 is 10.1 Å². The molecule has 0 radical (unpaired) electrons. The SMILES string of the molecule is Cc1ccc2c(c1)[C@H](c1ccccc1)N(C(=O)COc1ccc3ccccc3c1)CC(=O)N2. The first-order chi connectivity index (χ1) is 16.1. The van der Waals surface area contributed by atoms with Crippen LogP contribution in [0.5, 0.6) is 5.75 Å². The molecule has 5 rings (SSSR count). The number of hydrogen-bond donors (Lipinski definition) is 1. The van der Waals surface area contributed by atoms with Crippen molar-refractivity contribution in [1.29, 1.82) is 0 Å². The summed E-state index contributed by atoms with van der Waals surface area (Å²) in [4.78, 5) is 27.7. The molecule has 0 aromatic heterocycles. The molecule has 5 nitrogen and oxygen atoms in total. The lowest BCUT2D eigenvalue weighted by Gasteiger charge is -2.30. The van der Waals surface area contributed by atoms with Crippen molar-refractivity contribution < 1.29 is 14.3 Å². The van der Waals surface area contributed by atoms with E-state index in [9.17, 15) is 9.59 Å². The molecule has 1 N–H and O–H groups in total. The van der Waals surface area contributed by atoms with Crippen molar-refractivity contribution in [3.8, 4) is 5.75 Å². The standard InChI is InChI=1S/C28H24N2O3/c1-19-11-14-25-24(15-19)28(21-8-3-2-4-9-21)30(17-26(31)29-25)27(32)18-33-23-13-12-20-7-5-6-10-22(20)16-23/h2-16,28H,17-18H2,1H3,(H,29,31)/t28-/m0/s1. The first-order valence-electron chi connectivity index (χ1n) is 10.9. The van der Waals surface area contributed by atoms with Crippen molar-refractivity contribution in [2.24, 2.45) is 0 Å². The van der Waals surface area contributed by atoms with Gasteiger partial charge in [0.25, 0.3) is 5.91 Å². The van der Waals surface area contributed by atoms with Gasteiger partial charge in [-0.2, -0.15) is 0 Å². The van der Waals surface area contributed by atoms with E-state index in [1.807, 2.05) is 97.9 Å². The summed E-state index contributed by atoms with van der Waals surface area (Å²) in [6.07, 6.45) is 0. The van der Waals surface area contributed by atoms with Crippen LogP contribution in [0.4, 0.5) is 5.69 Å². The van der Waals surface area contributed by atoms with Gasteiger partial charge in [-0.05, 0) is 41.5 Å². The van der Waals surface area contributed by atoms with Crippen LogP contribution in [0.3, 0.4) is 0 Å². The van der Waals surface area contributed by atoms with Gasteiger partial charge in [-0.25, -0.2) is 0 Å². The number of fused-ring (bicyclic) bond motifs is 2. The van der Waals surface area contributed by atoms with E-state index in [4.69, 9.17) is 4.74 Å². The number of carbonyl (C=O) groups excluding carboxylic acids is 2. The molecule has 1 heterocycles. The van der Waals surface area contributed by atoms with Crippen LogP contribution in [-0.4, -0.2) is 29.9 Å². The Kier molecular flexibility index (Phi) is 5.53. The summed E-state index contributed by atoms with van der Waals surface area (Å²) in [6, 6.07) is 29.0. The van der Waals surface area contributed by atoms with Crippen molar-refractivity contribution in [3.63, 3.8) is 0 Å². The molecule has 5 heteroatoms. The van der Waals surface area contributed by atoms with Crippen LogP contribution in [0, 0.1) is 6.92 Å². The number of rotatable bonds is 4. The summed E-state index contributed by atoms with van der Waals surface area (Å²) >= 11 is 0. The van der Waals surface area contributed by atoms with Gasteiger partial charge in [0.15, 0.2) is 6.61 Å². The highest BCUT2D eigenvalue weighted by molar-refractivity contribution is 5.97. The maximum atomic E-state index is 13.4. The molecule has 33 heavy (non-hydrogen) atoms. The van der Waals surface area contributed by atoms with Crippen LogP contribution >= 0.6 is 0 Å². The third-order valence-electron chi connectivity index (χ3n) is 5.92. The summed E-state index contributed by atoms with van der Waals surface area (Å²) in [5.41, 5.74) is 3.63. The fraction of sp³-hybridized carbons (Fsp3) is 0.143. The first-order valence-corrected chi connectivity index (χ1v) is 10.9. The Morgan fingerprint density at radius 3 is 2.52 bits per heavy atom. The molecule has 4 aromatic carbocycles. The Hall–Kier alpha value is -4.12. The number of carbonyl (C=O) groups is 2. The van der Waals surface area contributed by atoms with E-state index in [1.54, 1.807) is 4.90 Å². The fourth-order valence-electron chi connectivity index (χ4n) is 4.34. The normalized spacial score (nSPS) is 15.5. The van der Waals surface area contributed by atoms with Gasteiger partial charge in [-0.3, -0.25) is 9.59 Å². The summed E-state index contributed by atoms with van der Waals surface area (Å²) in [6.45, 7) is 1.80. The predicted octanol–water partition coefficient (Wildman–Crippen LogP) is 5.10. The van der Waals surface area contributed by atoms with Gasteiger partial charge < -0.3 is 15.0 Å². The summed E-state index contributed by atoms with van der Waals surface area (Å²) in [7, 11) is 0. The van der Waals surface area contributed by atoms with Crippen molar-refractivity contribution in [3.05, 3.63) is 108 Å². The molecule has 1 aliphatic rings. The minimum Gasteiger partial charge on any atom is -0.484 e. The van der Waals surface area contributed by atoms with E-state index in [2.05, 4.69) is 5.32 Å². The van der Waals surface area contributed by atoms with Crippen LogP contribution in [-0.2, 0) is 9.59 Å². The summed E-state index contributed by atoms with van der Waals surface area (Å²) in [5, 5.41) is 5.11. The Morgan fingerprint density at radius 2 is 1.70 bits per heavy atom. The van der Waals surface area contributed by atoms with Crippen LogP contribution in [0.15, 0.2) is 91.0 Å². The summed E-state index contributed by atoms with van der Waals surface area (Å²) < 4.78 is 5.88. The van der Waals surface area contributed by atoms with Crippen LogP contribution in [0.1, 0.15) is 22.7 Å². The number of anilines is 1. The lowest BCUT2D eigenvalue weighted by atomic mass is 9.94. The van der Waals surface area contributed by atoms with Gasteiger partial charge in [0.05, 0.1) is 6.04 Å². The molecule has 0 spiro atoms. The van der Waals surface area contributed by atoms with Gasteiger partial charge in [0, 0.05) is 11.3 Å². The van der Waals surface area contributed by atoms with Gasteiger partial charge in [-0.15, -0.1) is 0 Å². The first kappa shape index (κ1) is 20.8. The maximum absolute atomic E-state index is 13.4. The topological polar surface area (TPSA) is 58.6 Å². The monoisotopic (exact) mass is 436 g/mol. The molecular weight excluding hydrogens is 412 g/mol. The zero-order valence-corrected chi connectivity index (χ0v) is 18.3. The molecule has 0 saturated carbocycles. The lowest BCUT2D eigenvalue weighted by molar-refractivity contribution is -0.138. The second kappa shape index (κ2) is 8.79. The van der Waals surface area contributed by atoms with Gasteiger partial charge in [-0.1, -0.05) is 78.4 Å². The third-order valence-corrected chi connectivity index (χ3v) is 5.92. The molecule has 1 aliphatic heterocycles.